The molecule has 0 aliphatic carbocycles. The van der Waals surface area contributed by atoms with Crippen LogP contribution < -0.4 is 16.0 Å². The van der Waals surface area contributed by atoms with E-state index in [1.165, 1.54) is 0 Å². The predicted octanol–water partition coefficient (Wildman–Crippen LogP) is -0.621. The molecule has 15 heavy (non-hydrogen) atoms. The van der Waals surface area contributed by atoms with Gasteiger partial charge in [0.15, 0.2) is 0 Å². The maximum Gasteiger partial charge on any atom is 0.222 e. The van der Waals surface area contributed by atoms with E-state index in [9.17, 15) is 9.59 Å². The number of nitrogens with one attached hydrogen (secondary N) is 3. The van der Waals surface area contributed by atoms with Crippen molar-refractivity contribution in [3.05, 3.63) is 0 Å². The summed E-state index contributed by atoms with van der Waals surface area (Å²) in [5, 5.41) is 8.69. The van der Waals surface area contributed by atoms with Gasteiger partial charge in [0.25, 0.3) is 0 Å². The van der Waals surface area contributed by atoms with E-state index < -0.39 is 0 Å². The summed E-state index contributed by atoms with van der Waals surface area (Å²) in [6.07, 6.45) is 0.861. The Labute approximate surface area is 90.0 Å². The summed E-state index contributed by atoms with van der Waals surface area (Å²) in [7, 11) is 0. The number of hydrogen-bond donors (Lipinski definition) is 3. The van der Waals surface area contributed by atoms with Crippen LogP contribution in [0.25, 0.3) is 0 Å². The third kappa shape index (κ3) is 4.29. The highest BCUT2D eigenvalue weighted by molar-refractivity contribution is 5.82. The molecule has 3 N–H and O–H groups in total. The van der Waals surface area contributed by atoms with Gasteiger partial charge in [-0.1, -0.05) is 6.92 Å². The lowest BCUT2D eigenvalue weighted by Crippen LogP contribution is -2.39. The Hall–Kier alpha value is -1.10. The van der Waals surface area contributed by atoms with E-state index in [2.05, 4.69) is 16.0 Å². The Morgan fingerprint density at radius 2 is 2.40 bits per heavy atom. The lowest BCUT2D eigenvalue weighted by molar-refractivity contribution is -0.122. The van der Waals surface area contributed by atoms with Crippen LogP contribution in [0.5, 0.6) is 0 Å². The second kappa shape index (κ2) is 5.70. The molecule has 1 aliphatic rings. The van der Waals surface area contributed by atoms with Gasteiger partial charge in [-0.25, -0.2) is 0 Å². The molecule has 0 aromatic rings. The third-order valence-electron chi connectivity index (χ3n) is 2.39. The fourth-order valence-electron chi connectivity index (χ4n) is 1.69. The number of carbonyl (C=O) groups is 2. The molecule has 1 aliphatic heterocycles. The van der Waals surface area contributed by atoms with Crippen molar-refractivity contribution in [1.82, 2.24) is 16.0 Å². The lowest BCUT2D eigenvalue weighted by atomic mass is 10.2. The maximum absolute atomic E-state index is 11.5. The summed E-state index contributed by atoms with van der Waals surface area (Å²) >= 11 is 0. The van der Waals surface area contributed by atoms with E-state index in [1.807, 2.05) is 13.8 Å². The van der Waals surface area contributed by atoms with Crippen LogP contribution in [0, 0.1) is 0 Å². The zero-order valence-electron chi connectivity index (χ0n) is 9.30. The van der Waals surface area contributed by atoms with Crippen LogP contribution >= 0.6 is 0 Å². The molecular weight excluding hydrogens is 194 g/mol. The van der Waals surface area contributed by atoms with E-state index in [-0.39, 0.29) is 23.9 Å². The Bertz CT molecular complexity index is 243. The molecule has 0 spiro atoms. The Morgan fingerprint density at radius 3 is 2.93 bits per heavy atom. The fourth-order valence-corrected chi connectivity index (χ4v) is 1.69. The van der Waals surface area contributed by atoms with E-state index >= 15 is 0 Å². The molecule has 5 heteroatoms. The number of amides is 2. The van der Waals surface area contributed by atoms with Crippen LogP contribution in [0.3, 0.4) is 0 Å². The van der Waals surface area contributed by atoms with Gasteiger partial charge in [0, 0.05) is 25.4 Å². The average Bonchev–Trinajstić information content (AvgIpc) is 2.51. The van der Waals surface area contributed by atoms with Crippen LogP contribution in [0.1, 0.15) is 26.7 Å². The van der Waals surface area contributed by atoms with Crippen molar-refractivity contribution in [2.45, 2.75) is 38.8 Å². The average molecular weight is 213 g/mol. The minimum atomic E-state index is -0.0289. The smallest absolute Gasteiger partial charge is 0.222 e. The fraction of sp³-hybridized carbons (Fsp3) is 0.800. The van der Waals surface area contributed by atoms with Crippen molar-refractivity contribution in [3.8, 4) is 0 Å². The highest BCUT2D eigenvalue weighted by Crippen LogP contribution is 2.00. The Morgan fingerprint density at radius 1 is 1.67 bits per heavy atom. The van der Waals surface area contributed by atoms with Crippen molar-refractivity contribution < 1.29 is 9.59 Å². The Kier molecular flexibility index (Phi) is 4.55. The zero-order chi connectivity index (χ0) is 11.3. The molecule has 0 aromatic carbocycles. The summed E-state index contributed by atoms with van der Waals surface area (Å²) in [5.74, 6) is 0.0185. The number of carbonyl (C=O) groups excluding carboxylic acids is 2. The second-order valence-electron chi connectivity index (χ2n) is 3.94. The summed E-state index contributed by atoms with van der Waals surface area (Å²) < 4.78 is 0. The van der Waals surface area contributed by atoms with Crippen LogP contribution in [0.15, 0.2) is 0 Å². The summed E-state index contributed by atoms with van der Waals surface area (Å²) in [5.41, 5.74) is 0. The monoisotopic (exact) mass is 213 g/mol. The minimum Gasteiger partial charge on any atom is -0.354 e. The first kappa shape index (κ1) is 12.0. The molecule has 0 aromatic heterocycles. The summed E-state index contributed by atoms with van der Waals surface area (Å²) in [6, 6.07) is 0.152. The molecule has 0 saturated carbocycles. The first-order valence-electron chi connectivity index (χ1n) is 5.41. The topological polar surface area (TPSA) is 70.2 Å². The van der Waals surface area contributed by atoms with Gasteiger partial charge in [-0.15, -0.1) is 0 Å². The molecule has 1 saturated heterocycles. The molecule has 2 atom stereocenters. The van der Waals surface area contributed by atoms with Gasteiger partial charge >= 0.3 is 0 Å². The van der Waals surface area contributed by atoms with Gasteiger partial charge in [0.2, 0.25) is 11.8 Å². The van der Waals surface area contributed by atoms with Crippen LogP contribution in [0.4, 0.5) is 0 Å². The van der Waals surface area contributed by atoms with E-state index in [0.29, 0.717) is 19.4 Å². The molecule has 86 valence electrons. The van der Waals surface area contributed by atoms with Crippen molar-refractivity contribution in [2.75, 3.05) is 13.1 Å². The van der Waals surface area contributed by atoms with Crippen LogP contribution in [0.2, 0.25) is 0 Å². The molecule has 1 fully saturated rings. The predicted molar refractivity (Wildman–Crippen MR) is 57.3 cm³/mol. The number of rotatable bonds is 5. The SMILES string of the molecule is CCNC(C)CC(=O)NC1CNC(=O)C1. The molecular formula is C10H19N3O2. The van der Waals surface area contributed by atoms with Gasteiger partial charge in [0.1, 0.15) is 0 Å². The summed E-state index contributed by atoms with van der Waals surface area (Å²) in [4.78, 5) is 22.4. The lowest BCUT2D eigenvalue weighted by Gasteiger charge is -2.14. The van der Waals surface area contributed by atoms with Gasteiger partial charge in [-0.2, -0.15) is 0 Å². The van der Waals surface area contributed by atoms with Crippen molar-refractivity contribution in [3.63, 3.8) is 0 Å². The molecule has 1 heterocycles. The number of hydrogen-bond acceptors (Lipinski definition) is 3. The second-order valence-corrected chi connectivity index (χ2v) is 3.94. The quantitative estimate of drug-likeness (QED) is 0.570. The molecule has 0 radical (unpaired) electrons. The van der Waals surface area contributed by atoms with E-state index in [1.54, 1.807) is 0 Å². The van der Waals surface area contributed by atoms with Gasteiger partial charge in [-0.05, 0) is 13.5 Å². The largest absolute Gasteiger partial charge is 0.354 e. The third-order valence-corrected chi connectivity index (χ3v) is 2.39. The van der Waals surface area contributed by atoms with Crippen molar-refractivity contribution in [1.29, 1.82) is 0 Å². The van der Waals surface area contributed by atoms with Gasteiger partial charge in [-0.3, -0.25) is 9.59 Å². The molecule has 1 rings (SSSR count). The maximum atomic E-state index is 11.5. The standard InChI is InChI=1S/C10H19N3O2/c1-3-11-7(2)4-10(15)13-8-5-9(14)12-6-8/h7-8,11H,3-6H2,1-2H3,(H,12,14)(H,13,15). The highest BCUT2D eigenvalue weighted by Gasteiger charge is 2.23. The van der Waals surface area contributed by atoms with Crippen LogP contribution in [-0.2, 0) is 9.59 Å². The molecule has 0 bridgehead atoms. The normalized spacial score (nSPS) is 22.3. The molecule has 2 amide bonds. The van der Waals surface area contributed by atoms with Crippen molar-refractivity contribution >= 4 is 11.8 Å². The minimum absolute atomic E-state index is 0.00458. The van der Waals surface area contributed by atoms with Crippen LogP contribution in [-0.4, -0.2) is 37.0 Å². The van der Waals surface area contributed by atoms with E-state index in [0.717, 1.165) is 6.54 Å². The first-order chi connectivity index (χ1) is 7.11. The summed E-state index contributed by atoms with van der Waals surface area (Å²) in [6.45, 7) is 5.40. The van der Waals surface area contributed by atoms with Gasteiger partial charge in [0.05, 0.1) is 6.04 Å². The van der Waals surface area contributed by atoms with Gasteiger partial charge < -0.3 is 16.0 Å². The van der Waals surface area contributed by atoms with E-state index in [4.69, 9.17) is 0 Å². The van der Waals surface area contributed by atoms with Crippen molar-refractivity contribution in [2.24, 2.45) is 0 Å². The highest BCUT2D eigenvalue weighted by atomic mass is 16.2. The zero-order valence-corrected chi connectivity index (χ0v) is 9.30. The molecule has 5 nitrogen and oxygen atoms in total. The first-order valence-corrected chi connectivity index (χ1v) is 5.41. The molecule has 2 unspecified atom stereocenters. The Balaban J connectivity index is 2.21.